The van der Waals surface area contributed by atoms with Crippen LogP contribution in [0, 0.1) is 0 Å². The fraction of sp³-hybridized carbons (Fsp3) is 0.300. The van der Waals surface area contributed by atoms with E-state index in [2.05, 4.69) is 10.3 Å². The maximum atomic E-state index is 5.82. The van der Waals surface area contributed by atoms with Crippen molar-refractivity contribution in [3.63, 3.8) is 0 Å². The third-order valence-electron chi connectivity index (χ3n) is 2.26. The Balaban J connectivity index is 2.15. The first kappa shape index (κ1) is 8.26. The molecule has 0 spiro atoms. The van der Waals surface area contributed by atoms with Crippen LogP contribution in [-0.2, 0) is 0 Å². The van der Waals surface area contributed by atoms with Crippen LogP contribution in [0.4, 0.5) is 0 Å². The van der Waals surface area contributed by atoms with Crippen molar-refractivity contribution in [1.29, 1.82) is 0 Å². The van der Waals surface area contributed by atoms with Crippen LogP contribution in [0.25, 0.3) is 0 Å². The molecule has 1 aromatic rings. The van der Waals surface area contributed by atoms with Gasteiger partial charge in [-0.3, -0.25) is 4.98 Å². The number of pyridine rings is 1. The van der Waals surface area contributed by atoms with Crippen LogP contribution in [0.15, 0.2) is 36.8 Å². The van der Waals surface area contributed by atoms with Gasteiger partial charge in [0.1, 0.15) is 0 Å². The Hall–Kier alpha value is -1.35. The first-order valence-corrected chi connectivity index (χ1v) is 4.44. The summed E-state index contributed by atoms with van der Waals surface area (Å²) in [6.07, 6.45) is 8.47. The van der Waals surface area contributed by atoms with Gasteiger partial charge in [0, 0.05) is 18.4 Å². The van der Waals surface area contributed by atoms with Crippen molar-refractivity contribution in [2.45, 2.75) is 18.5 Å². The zero-order valence-electron chi connectivity index (χ0n) is 7.35. The predicted octanol–water partition coefficient (Wildman–Crippen LogP) is 0.957. The molecule has 3 N–H and O–H groups in total. The van der Waals surface area contributed by atoms with Crippen molar-refractivity contribution in [1.82, 2.24) is 10.3 Å². The molecule has 0 aliphatic carbocycles. The lowest BCUT2D eigenvalue weighted by molar-refractivity contribution is 0.511. The van der Waals surface area contributed by atoms with Crippen LogP contribution in [0.5, 0.6) is 0 Å². The first-order chi connectivity index (χ1) is 6.36. The molecule has 0 saturated carbocycles. The highest BCUT2D eigenvalue weighted by Crippen LogP contribution is 2.19. The normalized spacial score (nSPS) is 26.8. The van der Waals surface area contributed by atoms with Crippen LogP contribution >= 0.6 is 0 Å². The average Bonchev–Trinajstić information content (AvgIpc) is 2.19. The lowest BCUT2D eigenvalue weighted by Crippen LogP contribution is -2.30. The number of nitrogens with one attached hydrogen (secondary N) is 1. The molecule has 0 aromatic carbocycles. The Morgan fingerprint density at radius 1 is 1.38 bits per heavy atom. The van der Waals surface area contributed by atoms with Gasteiger partial charge < -0.3 is 11.1 Å². The summed E-state index contributed by atoms with van der Waals surface area (Å²) in [4.78, 5) is 3.98. The Bertz CT molecular complexity index is 294. The molecule has 68 valence electrons. The first-order valence-electron chi connectivity index (χ1n) is 4.44. The topological polar surface area (TPSA) is 50.9 Å². The Morgan fingerprint density at radius 2 is 2.15 bits per heavy atom. The minimum absolute atomic E-state index is 0.166. The van der Waals surface area contributed by atoms with Gasteiger partial charge in [0.25, 0.3) is 0 Å². The fourth-order valence-corrected chi connectivity index (χ4v) is 1.54. The zero-order chi connectivity index (χ0) is 9.10. The summed E-state index contributed by atoms with van der Waals surface area (Å²) in [6, 6.07) is 4.54. The highest BCUT2D eigenvalue weighted by Gasteiger charge is 2.15. The minimum Gasteiger partial charge on any atom is -0.384 e. The molecular weight excluding hydrogens is 162 g/mol. The molecule has 2 atom stereocenters. The van der Waals surface area contributed by atoms with E-state index in [1.54, 1.807) is 12.4 Å². The minimum atomic E-state index is 0.166. The van der Waals surface area contributed by atoms with Crippen LogP contribution in [0.2, 0.25) is 0 Å². The summed E-state index contributed by atoms with van der Waals surface area (Å²) in [5, 5.41) is 3.28. The van der Waals surface area contributed by atoms with E-state index in [0.717, 1.165) is 6.42 Å². The molecule has 0 amide bonds. The highest BCUT2D eigenvalue weighted by atomic mass is 14.9. The number of aromatic nitrogens is 1. The number of rotatable bonds is 1. The lowest BCUT2D eigenvalue weighted by Gasteiger charge is -2.24. The quantitative estimate of drug-likeness (QED) is 0.668. The number of nitrogens with two attached hydrogens (primary N) is 1. The monoisotopic (exact) mass is 175 g/mol. The third-order valence-corrected chi connectivity index (χ3v) is 2.26. The molecule has 1 aliphatic heterocycles. The molecule has 2 heterocycles. The summed E-state index contributed by atoms with van der Waals surface area (Å²) in [5.41, 5.74) is 7.07. The Kier molecular flexibility index (Phi) is 2.27. The standard InChI is InChI=1S/C10H13N3/c11-9-3-6-13-10(7-9)8-1-4-12-5-2-8/h1-6,9-10,13H,7,11H2. The molecule has 3 nitrogen and oxygen atoms in total. The van der Waals surface area contributed by atoms with Gasteiger partial charge in [-0.15, -0.1) is 0 Å². The van der Waals surface area contributed by atoms with Crippen molar-refractivity contribution in [3.8, 4) is 0 Å². The van der Waals surface area contributed by atoms with Crippen molar-refractivity contribution >= 4 is 0 Å². The summed E-state index contributed by atoms with van der Waals surface area (Å²) in [5.74, 6) is 0. The molecule has 0 saturated heterocycles. The van der Waals surface area contributed by atoms with E-state index >= 15 is 0 Å². The smallest absolute Gasteiger partial charge is 0.0527 e. The molecule has 0 bridgehead atoms. The number of hydrogen-bond acceptors (Lipinski definition) is 3. The van der Waals surface area contributed by atoms with E-state index in [9.17, 15) is 0 Å². The summed E-state index contributed by atoms with van der Waals surface area (Å²) < 4.78 is 0. The molecule has 1 aliphatic rings. The van der Waals surface area contributed by atoms with Gasteiger partial charge in [-0.05, 0) is 30.3 Å². The number of hydrogen-bond donors (Lipinski definition) is 2. The second-order valence-electron chi connectivity index (χ2n) is 3.26. The van der Waals surface area contributed by atoms with Crippen LogP contribution in [-0.4, -0.2) is 11.0 Å². The largest absolute Gasteiger partial charge is 0.384 e. The van der Waals surface area contributed by atoms with E-state index in [-0.39, 0.29) is 6.04 Å². The summed E-state index contributed by atoms with van der Waals surface area (Å²) in [7, 11) is 0. The molecule has 3 heteroatoms. The van der Waals surface area contributed by atoms with Crippen molar-refractivity contribution < 1.29 is 0 Å². The van der Waals surface area contributed by atoms with Gasteiger partial charge in [-0.2, -0.15) is 0 Å². The molecular formula is C10H13N3. The molecule has 1 aromatic heterocycles. The van der Waals surface area contributed by atoms with Crippen molar-refractivity contribution in [2.24, 2.45) is 5.73 Å². The van der Waals surface area contributed by atoms with E-state index < -0.39 is 0 Å². The van der Waals surface area contributed by atoms with Gasteiger partial charge in [0.2, 0.25) is 0 Å². The van der Waals surface area contributed by atoms with Gasteiger partial charge in [0.05, 0.1) is 6.04 Å². The van der Waals surface area contributed by atoms with Gasteiger partial charge in [-0.25, -0.2) is 0 Å². The van der Waals surface area contributed by atoms with Crippen molar-refractivity contribution in [3.05, 3.63) is 42.4 Å². The van der Waals surface area contributed by atoms with Crippen LogP contribution in [0.1, 0.15) is 18.0 Å². The fourth-order valence-electron chi connectivity index (χ4n) is 1.54. The average molecular weight is 175 g/mol. The predicted molar refractivity (Wildman–Crippen MR) is 51.8 cm³/mol. The van der Waals surface area contributed by atoms with Crippen LogP contribution < -0.4 is 11.1 Å². The highest BCUT2D eigenvalue weighted by molar-refractivity contribution is 5.18. The van der Waals surface area contributed by atoms with E-state index in [4.69, 9.17) is 5.73 Å². The summed E-state index contributed by atoms with van der Waals surface area (Å²) >= 11 is 0. The molecule has 2 unspecified atom stereocenters. The summed E-state index contributed by atoms with van der Waals surface area (Å²) in [6.45, 7) is 0. The third kappa shape index (κ3) is 1.87. The van der Waals surface area contributed by atoms with E-state index in [0.29, 0.717) is 6.04 Å². The second kappa shape index (κ2) is 3.58. The van der Waals surface area contributed by atoms with Crippen LogP contribution in [0.3, 0.4) is 0 Å². The molecule has 0 radical (unpaired) electrons. The zero-order valence-corrected chi connectivity index (χ0v) is 7.35. The van der Waals surface area contributed by atoms with E-state index in [1.165, 1.54) is 5.56 Å². The van der Waals surface area contributed by atoms with Gasteiger partial charge in [0.15, 0.2) is 0 Å². The SMILES string of the molecule is NC1C=CNC(c2ccncc2)C1. The molecule has 0 fully saturated rings. The maximum Gasteiger partial charge on any atom is 0.0527 e. The van der Waals surface area contributed by atoms with Gasteiger partial charge in [-0.1, -0.05) is 6.08 Å². The second-order valence-corrected chi connectivity index (χ2v) is 3.26. The van der Waals surface area contributed by atoms with E-state index in [1.807, 2.05) is 24.4 Å². The molecule has 2 rings (SSSR count). The van der Waals surface area contributed by atoms with Crippen molar-refractivity contribution in [2.75, 3.05) is 0 Å². The maximum absolute atomic E-state index is 5.82. The Morgan fingerprint density at radius 3 is 2.85 bits per heavy atom. The Labute approximate surface area is 77.7 Å². The number of nitrogens with zero attached hydrogens (tertiary/aromatic N) is 1. The lowest BCUT2D eigenvalue weighted by atomic mass is 9.98. The van der Waals surface area contributed by atoms with Gasteiger partial charge >= 0.3 is 0 Å². The molecule has 13 heavy (non-hydrogen) atoms.